The largest absolute Gasteiger partial charge is 0.394 e. The topological polar surface area (TPSA) is 155 Å². The predicted molar refractivity (Wildman–Crippen MR) is 147 cm³/mol. The van der Waals surface area contributed by atoms with Gasteiger partial charge in [0.05, 0.1) is 12.9 Å². The van der Waals surface area contributed by atoms with Crippen LogP contribution in [-0.4, -0.2) is 78.8 Å². The molecular formula is C27H32N6O5S. The Labute approximate surface area is 229 Å². The molecule has 1 aromatic carbocycles. The summed E-state index contributed by atoms with van der Waals surface area (Å²) >= 11 is 1.65. The molecule has 5 rings (SSSR count). The van der Waals surface area contributed by atoms with Gasteiger partial charge in [-0.25, -0.2) is 15.0 Å². The number of anilines is 1. The normalized spacial score (nSPS) is 20.9. The number of nitrogens with one attached hydrogen (secondary N) is 2. The number of aromatic nitrogens is 4. The number of fused-ring (bicyclic) bond motifs is 1. The second-order valence-electron chi connectivity index (χ2n) is 9.43. The highest BCUT2D eigenvalue weighted by Crippen LogP contribution is 2.32. The molecule has 39 heavy (non-hydrogen) atoms. The number of aliphatic hydroxyl groups excluding tert-OH is 3. The maximum absolute atomic E-state index is 12.5. The fourth-order valence-corrected chi connectivity index (χ4v) is 5.37. The number of thiophene rings is 1. The number of unbranched alkanes of at least 4 members (excludes halogenated alkanes) is 3. The summed E-state index contributed by atoms with van der Waals surface area (Å²) in [7, 11) is 0. The van der Waals surface area contributed by atoms with Crippen LogP contribution in [0.1, 0.15) is 42.3 Å². The summed E-state index contributed by atoms with van der Waals surface area (Å²) in [6.07, 6.45) is 2.47. The van der Waals surface area contributed by atoms with Gasteiger partial charge in [-0.15, -0.1) is 11.3 Å². The van der Waals surface area contributed by atoms with Gasteiger partial charge in [-0.1, -0.05) is 31.0 Å². The minimum absolute atomic E-state index is 0.0563. The molecule has 0 radical (unpaired) electrons. The number of ether oxygens (including phenoxy) is 1. The van der Waals surface area contributed by atoms with Crippen LogP contribution < -0.4 is 10.6 Å². The summed E-state index contributed by atoms with van der Waals surface area (Å²) < 4.78 is 7.14. The number of amides is 1. The number of nitrogens with zero attached hydrogens (tertiary/aromatic N) is 4. The molecule has 4 atom stereocenters. The number of hydrogen-bond donors (Lipinski definition) is 5. The molecule has 3 aromatic heterocycles. The highest BCUT2D eigenvalue weighted by molar-refractivity contribution is 7.13. The SMILES string of the molecule is O=C(NCCCCCCNc1ncnc2c1ncn2[C@@H]1O[C@H](CO)[C@@H](O)[C@H]1O)c1cccc(-c2cccs2)c1. The first-order valence-corrected chi connectivity index (χ1v) is 13.9. The molecule has 1 aliphatic heterocycles. The zero-order valence-electron chi connectivity index (χ0n) is 21.3. The fourth-order valence-electron chi connectivity index (χ4n) is 4.65. The van der Waals surface area contributed by atoms with Gasteiger partial charge in [0.15, 0.2) is 23.2 Å². The van der Waals surface area contributed by atoms with Crippen LogP contribution in [0.5, 0.6) is 0 Å². The summed E-state index contributed by atoms with van der Waals surface area (Å²) in [4.78, 5) is 26.6. The van der Waals surface area contributed by atoms with Crippen LogP contribution in [0.3, 0.4) is 0 Å². The van der Waals surface area contributed by atoms with E-state index < -0.39 is 31.1 Å². The van der Waals surface area contributed by atoms with E-state index in [0.717, 1.165) is 36.1 Å². The van der Waals surface area contributed by atoms with Crippen molar-refractivity contribution in [2.24, 2.45) is 0 Å². The Morgan fingerprint density at radius 3 is 2.64 bits per heavy atom. The molecule has 1 fully saturated rings. The monoisotopic (exact) mass is 552 g/mol. The number of imidazole rings is 1. The molecule has 0 spiro atoms. The van der Waals surface area contributed by atoms with E-state index in [4.69, 9.17) is 4.74 Å². The van der Waals surface area contributed by atoms with Crippen LogP contribution in [0.2, 0.25) is 0 Å². The smallest absolute Gasteiger partial charge is 0.251 e. The van der Waals surface area contributed by atoms with Gasteiger partial charge < -0.3 is 30.7 Å². The van der Waals surface area contributed by atoms with Crippen LogP contribution in [0, 0.1) is 0 Å². The van der Waals surface area contributed by atoms with Crippen LogP contribution in [-0.2, 0) is 4.74 Å². The summed E-state index contributed by atoms with van der Waals surface area (Å²) in [5.74, 6) is 0.515. The first-order chi connectivity index (χ1) is 19.1. The fraction of sp³-hybridized carbons (Fsp3) is 0.407. The van der Waals surface area contributed by atoms with Gasteiger partial charge in [-0.3, -0.25) is 9.36 Å². The zero-order valence-corrected chi connectivity index (χ0v) is 22.1. The average Bonchev–Trinajstić information content (AvgIpc) is 3.71. The third kappa shape index (κ3) is 6.10. The Morgan fingerprint density at radius 2 is 1.87 bits per heavy atom. The maximum atomic E-state index is 12.5. The molecule has 11 nitrogen and oxygen atoms in total. The van der Waals surface area contributed by atoms with Gasteiger partial charge >= 0.3 is 0 Å². The van der Waals surface area contributed by atoms with E-state index in [1.165, 1.54) is 12.7 Å². The van der Waals surface area contributed by atoms with E-state index in [9.17, 15) is 20.1 Å². The van der Waals surface area contributed by atoms with E-state index >= 15 is 0 Å². The number of carbonyl (C=O) groups is 1. The summed E-state index contributed by atoms with van der Waals surface area (Å²) in [5, 5.41) is 38.1. The quantitative estimate of drug-likeness (QED) is 0.167. The van der Waals surface area contributed by atoms with Gasteiger partial charge in [0.1, 0.15) is 24.6 Å². The van der Waals surface area contributed by atoms with Gasteiger partial charge in [-0.05, 0) is 42.0 Å². The molecule has 1 amide bonds. The minimum atomic E-state index is -1.22. The van der Waals surface area contributed by atoms with Crippen molar-refractivity contribution in [1.82, 2.24) is 24.8 Å². The third-order valence-corrected chi connectivity index (χ3v) is 7.68. The van der Waals surface area contributed by atoms with Crippen molar-refractivity contribution in [2.75, 3.05) is 25.0 Å². The number of hydrogen-bond acceptors (Lipinski definition) is 10. The number of rotatable bonds is 12. The van der Waals surface area contributed by atoms with Crippen molar-refractivity contribution in [3.8, 4) is 10.4 Å². The van der Waals surface area contributed by atoms with Crippen molar-refractivity contribution >= 4 is 34.2 Å². The van der Waals surface area contributed by atoms with Crippen molar-refractivity contribution in [2.45, 2.75) is 50.2 Å². The lowest BCUT2D eigenvalue weighted by Gasteiger charge is -2.16. The van der Waals surface area contributed by atoms with Crippen LogP contribution >= 0.6 is 11.3 Å². The molecule has 0 saturated carbocycles. The molecule has 206 valence electrons. The molecule has 0 aliphatic carbocycles. The second kappa shape index (κ2) is 12.6. The van der Waals surface area contributed by atoms with Crippen molar-refractivity contribution in [1.29, 1.82) is 0 Å². The van der Waals surface area contributed by atoms with Crippen molar-refractivity contribution in [3.05, 3.63) is 60.0 Å². The predicted octanol–water partition coefficient (Wildman–Crippen LogP) is 2.57. The molecule has 1 saturated heterocycles. The number of benzene rings is 1. The lowest BCUT2D eigenvalue weighted by Crippen LogP contribution is -2.33. The van der Waals surface area contributed by atoms with Gasteiger partial charge in [0.25, 0.3) is 5.91 Å². The first-order valence-electron chi connectivity index (χ1n) is 13.0. The molecule has 0 bridgehead atoms. The van der Waals surface area contributed by atoms with Gasteiger partial charge in [0.2, 0.25) is 0 Å². The van der Waals surface area contributed by atoms with E-state index in [-0.39, 0.29) is 5.91 Å². The third-order valence-electron chi connectivity index (χ3n) is 6.76. The number of carbonyl (C=O) groups excluding carboxylic acids is 1. The molecule has 1 aliphatic rings. The Bertz CT molecular complexity index is 1380. The molecule has 4 aromatic rings. The molecule has 12 heteroatoms. The van der Waals surface area contributed by atoms with E-state index in [1.807, 2.05) is 41.8 Å². The molecule has 4 heterocycles. The Morgan fingerprint density at radius 1 is 1.03 bits per heavy atom. The number of aliphatic hydroxyl groups is 3. The summed E-state index contributed by atoms with van der Waals surface area (Å²) in [5.41, 5.74) is 2.71. The molecular weight excluding hydrogens is 520 g/mol. The van der Waals surface area contributed by atoms with Crippen LogP contribution in [0.15, 0.2) is 54.4 Å². The van der Waals surface area contributed by atoms with Crippen LogP contribution in [0.4, 0.5) is 5.82 Å². The van der Waals surface area contributed by atoms with Gasteiger partial charge in [0, 0.05) is 23.5 Å². The Kier molecular flexibility index (Phi) is 8.79. The Hall–Kier alpha value is -3.42. The second-order valence-corrected chi connectivity index (χ2v) is 10.4. The van der Waals surface area contributed by atoms with Gasteiger partial charge in [-0.2, -0.15) is 0 Å². The lowest BCUT2D eigenvalue weighted by molar-refractivity contribution is -0.0511. The zero-order chi connectivity index (χ0) is 27.2. The Balaban J connectivity index is 1.04. The lowest BCUT2D eigenvalue weighted by atomic mass is 10.1. The first kappa shape index (κ1) is 27.2. The summed E-state index contributed by atoms with van der Waals surface area (Å²) in [6, 6.07) is 11.7. The minimum Gasteiger partial charge on any atom is -0.394 e. The van der Waals surface area contributed by atoms with Crippen LogP contribution in [0.25, 0.3) is 21.6 Å². The average molecular weight is 553 g/mol. The van der Waals surface area contributed by atoms with E-state index in [0.29, 0.717) is 35.6 Å². The van der Waals surface area contributed by atoms with E-state index in [2.05, 4.69) is 25.6 Å². The van der Waals surface area contributed by atoms with Crippen molar-refractivity contribution < 1.29 is 24.9 Å². The standard InChI is InChI=1S/C27H32N6O5S/c34-14-19-22(35)23(36)27(38-19)33-16-32-21-24(30-15-31-25(21)33)28-10-3-1-2-4-11-29-26(37)18-8-5-7-17(13-18)20-9-6-12-39-20/h5-9,12-13,15-16,19,22-23,27,34-36H,1-4,10-11,14H2,(H,29,37)(H,28,30,31)/t19-,22-,23-,27-/m1/s1. The maximum Gasteiger partial charge on any atom is 0.251 e. The highest BCUT2D eigenvalue weighted by atomic mass is 32.1. The van der Waals surface area contributed by atoms with E-state index in [1.54, 1.807) is 15.9 Å². The van der Waals surface area contributed by atoms with Crippen molar-refractivity contribution in [3.63, 3.8) is 0 Å². The summed E-state index contributed by atoms with van der Waals surface area (Å²) in [6.45, 7) is 0.911. The molecule has 0 unspecified atom stereocenters. The molecule has 5 N–H and O–H groups in total. The highest BCUT2D eigenvalue weighted by Gasteiger charge is 2.44.